The van der Waals surface area contributed by atoms with E-state index in [-0.39, 0.29) is 5.91 Å². The number of nitrogens with zero attached hydrogens (tertiary/aromatic N) is 3. The summed E-state index contributed by atoms with van der Waals surface area (Å²) in [5, 5.41) is 0. The molecule has 0 fully saturated rings. The summed E-state index contributed by atoms with van der Waals surface area (Å²) in [4.78, 5) is 26.5. The first-order valence-corrected chi connectivity index (χ1v) is 9.57. The number of hydrogen-bond acceptors (Lipinski definition) is 4. The number of nitrogens with one attached hydrogen (secondary N) is 1. The molecule has 0 spiro atoms. The van der Waals surface area contributed by atoms with E-state index in [9.17, 15) is 4.79 Å². The molecular weight excluding hydrogens is 364 g/mol. The van der Waals surface area contributed by atoms with Crippen LogP contribution < -0.4 is 4.74 Å². The minimum Gasteiger partial charge on any atom is -0.439 e. The van der Waals surface area contributed by atoms with Crippen LogP contribution in [0, 0.1) is 0 Å². The Morgan fingerprint density at radius 1 is 1.03 bits per heavy atom. The second-order valence-electron chi connectivity index (χ2n) is 6.83. The lowest BCUT2D eigenvalue weighted by Crippen LogP contribution is -2.28. The van der Waals surface area contributed by atoms with Crippen molar-refractivity contribution >= 4 is 16.9 Å². The molecule has 1 amide bonds. The number of aryl methyl sites for hydroxylation is 1. The first-order chi connectivity index (χ1) is 14.2. The molecule has 1 N–H and O–H groups in total. The first kappa shape index (κ1) is 18.7. The van der Waals surface area contributed by atoms with Crippen molar-refractivity contribution in [3.05, 3.63) is 84.3 Å². The normalized spacial score (nSPS) is 10.8. The van der Waals surface area contributed by atoms with E-state index in [1.54, 1.807) is 30.3 Å². The van der Waals surface area contributed by atoms with Crippen LogP contribution in [-0.4, -0.2) is 39.4 Å². The highest BCUT2D eigenvalue weighted by Crippen LogP contribution is 2.19. The van der Waals surface area contributed by atoms with E-state index in [1.807, 2.05) is 54.6 Å². The van der Waals surface area contributed by atoms with Crippen LogP contribution in [0.3, 0.4) is 0 Å². The lowest BCUT2D eigenvalue weighted by Gasteiger charge is -2.16. The molecule has 29 heavy (non-hydrogen) atoms. The maximum absolute atomic E-state index is 12.6. The molecule has 2 aromatic carbocycles. The van der Waals surface area contributed by atoms with E-state index < -0.39 is 0 Å². The minimum atomic E-state index is -0.0617. The maximum atomic E-state index is 12.6. The average molecular weight is 386 g/mol. The van der Waals surface area contributed by atoms with Crippen molar-refractivity contribution in [2.75, 3.05) is 13.6 Å². The molecule has 0 bridgehead atoms. The van der Waals surface area contributed by atoms with Gasteiger partial charge in [-0.1, -0.05) is 30.3 Å². The molecule has 0 atom stereocenters. The lowest BCUT2D eigenvalue weighted by atomic mass is 10.2. The van der Waals surface area contributed by atoms with Crippen LogP contribution >= 0.6 is 0 Å². The van der Waals surface area contributed by atoms with Gasteiger partial charge in [-0.15, -0.1) is 0 Å². The van der Waals surface area contributed by atoms with Gasteiger partial charge in [-0.3, -0.25) is 4.79 Å². The van der Waals surface area contributed by atoms with E-state index in [2.05, 4.69) is 15.0 Å². The predicted octanol–water partition coefficient (Wildman–Crippen LogP) is 4.46. The molecule has 0 aliphatic carbocycles. The van der Waals surface area contributed by atoms with Crippen LogP contribution in [0.5, 0.6) is 11.6 Å². The van der Waals surface area contributed by atoms with Crippen molar-refractivity contribution < 1.29 is 9.53 Å². The largest absolute Gasteiger partial charge is 0.439 e. The third kappa shape index (κ3) is 4.60. The molecule has 6 heteroatoms. The second kappa shape index (κ2) is 8.56. The molecule has 0 saturated heterocycles. The van der Waals surface area contributed by atoms with Crippen molar-refractivity contribution in [2.24, 2.45) is 0 Å². The van der Waals surface area contributed by atoms with Crippen molar-refractivity contribution in [1.82, 2.24) is 19.9 Å². The van der Waals surface area contributed by atoms with Gasteiger partial charge in [0.15, 0.2) is 0 Å². The topological polar surface area (TPSA) is 71.1 Å². The van der Waals surface area contributed by atoms with E-state index in [0.29, 0.717) is 23.7 Å². The van der Waals surface area contributed by atoms with Crippen LogP contribution in [0.15, 0.2) is 72.9 Å². The number of carbonyl (C=O) groups is 1. The third-order valence-corrected chi connectivity index (χ3v) is 4.64. The molecule has 4 rings (SSSR count). The number of para-hydroxylation sites is 3. The summed E-state index contributed by atoms with van der Waals surface area (Å²) in [5.41, 5.74) is 2.54. The van der Waals surface area contributed by atoms with Gasteiger partial charge in [0.25, 0.3) is 5.91 Å². The standard InChI is InChI=1S/C23H22N4O2/c1-27(15-7-12-21-25-19-10-5-6-11-20(19)26-21)23(28)17-13-14-22(24-16-17)29-18-8-3-2-4-9-18/h2-6,8-11,13-14,16H,7,12,15H2,1H3,(H,25,26). The average Bonchev–Trinajstić information content (AvgIpc) is 3.17. The molecule has 0 aliphatic heterocycles. The highest BCUT2D eigenvalue weighted by atomic mass is 16.5. The molecule has 0 radical (unpaired) electrons. The Kier molecular flexibility index (Phi) is 5.52. The molecule has 2 heterocycles. The molecule has 0 unspecified atom stereocenters. The summed E-state index contributed by atoms with van der Waals surface area (Å²) in [5.74, 6) is 2.05. The molecule has 0 saturated carbocycles. The van der Waals surface area contributed by atoms with Gasteiger partial charge >= 0.3 is 0 Å². The fourth-order valence-electron chi connectivity index (χ4n) is 3.11. The number of benzene rings is 2. The van der Waals surface area contributed by atoms with Crippen LogP contribution in [0.2, 0.25) is 0 Å². The number of amides is 1. The van der Waals surface area contributed by atoms with Gasteiger partial charge in [0.1, 0.15) is 11.6 Å². The van der Waals surface area contributed by atoms with Gasteiger partial charge in [-0.2, -0.15) is 0 Å². The van der Waals surface area contributed by atoms with Gasteiger partial charge in [0, 0.05) is 32.3 Å². The zero-order valence-electron chi connectivity index (χ0n) is 16.2. The second-order valence-corrected chi connectivity index (χ2v) is 6.83. The number of aromatic nitrogens is 3. The number of aromatic amines is 1. The SMILES string of the molecule is CN(CCCc1nc2ccccc2[nH]1)C(=O)c1ccc(Oc2ccccc2)nc1. The summed E-state index contributed by atoms with van der Waals surface area (Å²) < 4.78 is 5.67. The quantitative estimate of drug-likeness (QED) is 0.509. The van der Waals surface area contributed by atoms with Crippen LogP contribution in [0.25, 0.3) is 11.0 Å². The van der Waals surface area contributed by atoms with Crippen molar-refractivity contribution in [3.63, 3.8) is 0 Å². The molecule has 4 aromatic rings. The Morgan fingerprint density at radius 2 is 1.83 bits per heavy atom. The number of carbonyl (C=O) groups excluding carboxylic acids is 1. The monoisotopic (exact) mass is 386 g/mol. The summed E-state index contributed by atoms with van der Waals surface area (Å²) in [7, 11) is 1.80. The lowest BCUT2D eigenvalue weighted by molar-refractivity contribution is 0.0793. The zero-order valence-corrected chi connectivity index (χ0v) is 16.2. The van der Waals surface area contributed by atoms with Gasteiger partial charge in [0.05, 0.1) is 16.6 Å². The van der Waals surface area contributed by atoms with E-state index in [0.717, 1.165) is 29.7 Å². The van der Waals surface area contributed by atoms with Crippen LogP contribution in [-0.2, 0) is 6.42 Å². The zero-order chi connectivity index (χ0) is 20.1. The summed E-state index contributed by atoms with van der Waals surface area (Å²) in [6, 6.07) is 20.8. The number of ether oxygens (including phenoxy) is 1. The van der Waals surface area contributed by atoms with Crippen molar-refractivity contribution in [3.8, 4) is 11.6 Å². The summed E-state index contributed by atoms with van der Waals surface area (Å²) in [6.07, 6.45) is 3.16. The van der Waals surface area contributed by atoms with Crippen LogP contribution in [0.4, 0.5) is 0 Å². The van der Waals surface area contributed by atoms with Gasteiger partial charge < -0.3 is 14.6 Å². The Labute approximate surface area is 169 Å². The number of fused-ring (bicyclic) bond motifs is 1. The van der Waals surface area contributed by atoms with Gasteiger partial charge in [-0.05, 0) is 36.8 Å². The van der Waals surface area contributed by atoms with Gasteiger partial charge in [-0.25, -0.2) is 9.97 Å². The predicted molar refractivity (Wildman–Crippen MR) is 112 cm³/mol. The van der Waals surface area contributed by atoms with Gasteiger partial charge in [0.2, 0.25) is 5.88 Å². The van der Waals surface area contributed by atoms with Crippen molar-refractivity contribution in [1.29, 1.82) is 0 Å². The Morgan fingerprint density at radius 3 is 2.59 bits per heavy atom. The number of pyridine rings is 1. The molecule has 0 aliphatic rings. The fraction of sp³-hybridized carbons (Fsp3) is 0.174. The number of imidazole rings is 1. The summed E-state index contributed by atoms with van der Waals surface area (Å²) in [6.45, 7) is 0.637. The molecule has 146 valence electrons. The molecule has 2 aromatic heterocycles. The number of rotatable bonds is 7. The van der Waals surface area contributed by atoms with E-state index in [1.165, 1.54) is 0 Å². The molecular formula is C23H22N4O2. The van der Waals surface area contributed by atoms with Crippen molar-refractivity contribution in [2.45, 2.75) is 12.8 Å². The third-order valence-electron chi connectivity index (χ3n) is 4.64. The first-order valence-electron chi connectivity index (χ1n) is 9.57. The fourth-order valence-corrected chi connectivity index (χ4v) is 3.11. The number of H-pyrrole nitrogens is 1. The highest BCUT2D eigenvalue weighted by molar-refractivity contribution is 5.93. The van der Waals surface area contributed by atoms with Crippen LogP contribution in [0.1, 0.15) is 22.6 Å². The maximum Gasteiger partial charge on any atom is 0.255 e. The molecule has 6 nitrogen and oxygen atoms in total. The minimum absolute atomic E-state index is 0.0617. The summed E-state index contributed by atoms with van der Waals surface area (Å²) >= 11 is 0. The highest BCUT2D eigenvalue weighted by Gasteiger charge is 2.13. The number of hydrogen-bond donors (Lipinski definition) is 1. The Bertz CT molecular complexity index is 1060. The Hall–Kier alpha value is -3.67. The Balaban J connectivity index is 1.30. The van der Waals surface area contributed by atoms with E-state index in [4.69, 9.17) is 4.74 Å². The van der Waals surface area contributed by atoms with E-state index >= 15 is 0 Å². The smallest absolute Gasteiger partial charge is 0.255 e.